The van der Waals surface area contributed by atoms with Crippen molar-refractivity contribution in [3.63, 3.8) is 0 Å². The summed E-state index contributed by atoms with van der Waals surface area (Å²) in [5.41, 5.74) is 7.80. The number of benzene rings is 2. The molecule has 1 heteroatoms. The molecule has 2 aromatic rings. The second-order valence-corrected chi connectivity index (χ2v) is 5.14. The molecule has 0 amide bonds. The second-order valence-electron chi connectivity index (χ2n) is 5.14. The third-order valence-electron chi connectivity index (χ3n) is 4.09. The van der Waals surface area contributed by atoms with Crippen molar-refractivity contribution in [3.05, 3.63) is 48.0 Å². The van der Waals surface area contributed by atoms with Gasteiger partial charge in [0.25, 0.3) is 0 Å². The highest BCUT2D eigenvalue weighted by Crippen LogP contribution is 2.36. The maximum atomic E-state index is 6.47. The van der Waals surface area contributed by atoms with Crippen LogP contribution in [0, 0.1) is 5.92 Å². The Bertz CT molecular complexity index is 506. The molecule has 0 saturated heterocycles. The highest BCUT2D eigenvalue weighted by molar-refractivity contribution is 5.86. The van der Waals surface area contributed by atoms with Crippen molar-refractivity contribution < 1.29 is 0 Å². The van der Waals surface area contributed by atoms with E-state index in [1.807, 2.05) is 0 Å². The van der Waals surface area contributed by atoms with Crippen molar-refractivity contribution in [3.8, 4) is 0 Å². The van der Waals surface area contributed by atoms with E-state index in [-0.39, 0.29) is 6.04 Å². The van der Waals surface area contributed by atoms with E-state index in [1.54, 1.807) is 0 Å². The summed E-state index contributed by atoms with van der Waals surface area (Å²) in [6.45, 7) is 0. The van der Waals surface area contributed by atoms with Crippen LogP contribution in [0.1, 0.15) is 37.3 Å². The van der Waals surface area contributed by atoms with Crippen LogP contribution < -0.4 is 5.73 Å². The molecule has 1 atom stereocenters. The third-order valence-corrected chi connectivity index (χ3v) is 4.09. The number of hydrogen-bond acceptors (Lipinski definition) is 1. The molecule has 0 heterocycles. The van der Waals surface area contributed by atoms with Crippen LogP contribution >= 0.6 is 0 Å². The lowest BCUT2D eigenvalue weighted by Crippen LogP contribution is -2.19. The number of hydrogen-bond donors (Lipinski definition) is 1. The van der Waals surface area contributed by atoms with E-state index in [0.29, 0.717) is 5.92 Å². The molecule has 1 saturated carbocycles. The minimum Gasteiger partial charge on any atom is -0.324 e. The van der Waals surface area contributed by atoms with Crippen molar-refractivity contribution in [2.45, 2.75) is 31.7 Å². The molecule has 1 fully saturated rings. The highest BCUT2D eigenvalue weighted by atomic mass is 14.7. The molecular formula is C16H19N. The Labute approximate surface area is 103 Å². The van der Waals surface area contributed by atoms with E-state index in [9.17, 15) is 0 Å². The molecule has 2 N–H and O–H groups in total. The van der Waals surface area contributed by atoms with Crippen LogP contribution in [0.3, 0.4) is 0 Å². The van der Waals surface area contributed by atoms with Crippen molar-refractivity contribution in [2.75, 3.05) is 0 Å². The zero-order valence-corrected chi connectivity index (χ0v) is 10.1. The summed E-state index contributed by atoms with van der Waals surface area (Å²) in [7, 11) is 0. The molecule has 0 spiro atoms. The summed E-state index contributed by atoms with van der Waals surface area (Å²) in [4.78, 5) is 0. The van der Waals surface area contributed by atoms with E-state index >= 15 is 0 Å². The van der Waals surface area contributed by atoms with Gasteiger partial charge in [0.05, 0.1) is 0 Å². The van der Waals surface area contributed by atoms with Gasteiger partial charge in [0.1, 0.15) is 0 Å². The van der Waals surface area contributed by atoms with E-state index in [4.69, 9.17) is 5.73 Å². The first-order valence-corrected chi connectivity index (χ1v) is 6.59. The summed E-state index contributed by atoms with van der Waals surface area (Å²) in [5, 5.41) is 2.63. The second kappa shape index (κ2) is 4.50. The van der Waals surface area contributed by atoms with Crippen LogP contribution in [0.5, 0.6) is 0 Å². The summed E-state index contributed by atoms with van der Waals surface area (Å²) < 4.78 is 0. The van der Waals surface area contributed by atoms with Gasteiger partial charge in [0.2, 0.25) is 0 Å². The van der Waals surface area contributed by atoms with Gasteiger partial charge < -0.3 is 5.73 Å². The summed E-state index contributed by atoms with van der Waals surface area (Å²) in [5.74, 6) is 0.681. The van der Waals surface area contributed by atoms with Crippen molar-refractivity contribution in [2.24, 2.45) is 11.7 Å². The van der Waals surface area contributed by atoms with Gasteiger partial charge in [-0.25, -0.2) is 0 Å². The topological polar surface area (TPSA) is 26.0 Å². The molecule has 1 aliphatic carbocycles. The van der Waals surface area contributed by atoms with E-state index in [0.717, 1.165) is 0 Å². The SMILES string of the molecule is N[C@@H](c1cccc2ccccc12)C1CCCC1. The van der Waals surface area contributed by atoms with Gasteiger partial charge >= 0.3 is 0 Å². The van der Waals surface area contributed by atoms with E-state index in [1.165, 1.54) is 42.0 Å². The molecule has 0 radical (unpaired) electrons. The quantitative estimate of drug-likeness (QED) is 0.820. The van der Waals surface area contributed by atoms with Gasteiger partial charge in [0, 0.05) is 6.04 Å². The van der Waals surface area contributed by atoms with Crippen molar-refractivity contribution in [1.82, 2.24) is 0 Å². The largest absolute Gasteiger partial charge is 0.324 e. The van der Waals surface area contributed by atoms with Crippen LogP contribution in [0.25, 0.3) is 10.8 Å². The van der Waals surface area contributed by atoms with Gasteiger partial charge in [0.15, 0.2) is 0 Å². The molecular weight excluding hydrogens is 206 g/mol. The first-order valence-electron chi connectivity index (χ1n) is 6.59. The van der Waals surface area contributed by atoms with Crippen LogP contribution in [-0.4, -0.2) is 0 Å². The van der Waals surface area contributed by atoms with Crippen LogP contribution in [0.2, 0.25) is 0 Å². The monoisotopic (exact) mass is 225 g/mol. The Hall–Kier alpha value is -1.34. The van der Waals surface area contributed by atoms with Crippen molar-refractivity contribution >= 4 is 10.8 Å². The lowest BCUT2D eigenvalue weighted by Gasteiger charge is -2.20. The Kier molecular flexibility index (Phi) is 2.86. The Balaban J connectivity index is 2.04. The van der Waals surface area contributed by atoms with Gasteiger partial charge in [-0.2, -0.15) is 0 Å². The summed E-state index contributed by atoms with van der Waals surface area (Å²) in [6.07, 6.45) is 5.29. The number of fused-ring (bicyclic) bond motifs is 1. The van der Waals surface area contributed by atoms with Crippen LogP contribution in [0.15, 0.2) is 42.5 Å². The highest BCUT2D eigenvalue weighted by Gasteiger charge is 2.24. The maximum absolute atomic E-state index is 6.47. The predicted molar refractivity (Wildman–Crippen MR) is 72.8 cm³/mol. The minimum absolute atomic E-state index is 0.212. The third kappa shape index (κ3) is 1.96. The molecule has 3 rings (SSSR count). The normalized spacial score (nSPS) is 18.6. The lowest BCUT2D eigenvalue weighted by molar-refractivity contribution is 0.447. The number of nitrogens with two attached hydrogens (primary N) is 1. The van der Waals surface area contributed by atoms with E-state index in [2.05, 4.69) is 42.5 Å². The average molecular weight is 225 g/mol. The predicted octanol–water partition coefficient (Wildman–Crippen LogP) is 4.03. The Morgan fingerprint density at radius 3 is 2.47 bits per heavy atom. The molecule has 0 aromatic heterocycles. The first-order chi connectivity index (χ1) is 8.36. The molecule has 2 aromatic carbocycles. The first kappa shape index (κ1) is 10.8. The van der Waals surface area contributed by atoms with Gasteiger partial charge in [-0.3, -0.25) is 0 Å². The van der Waals surface area contributed by atoms with Gasteiger partial charge in [-0.05, 0) is 35.1 Å². The Morgan fingerprint density at radius 2 is 1.65 bits per heavy atom. The van der Waals surface area contributed by atoms with Crippen LogP contribution in [0.4, 0.5) is 0 Å². The fourth-order valence-electron chi connectivity index (χ4n) is 3.11. The molecule has 0 unspecified atom stereocenters. The average Bonchev–Trinajstić information content (AvgIpc) is 2.91. The molecule has 1 nitrogen and oxygen atoms in total. The van der Waals surface area contributed by atoms with Gasteiger partial charge in [-0.15, -0.1) is 0 Å². The van der Waals surface area contributed by atoms with Crippen LogP contribution in [-0.2, 0) is 0 Å². The summed E-state index contributed by atoms with van der Waals surface area (Å²) >= 11 is 0. The minimum atomic E-state index is 0.212. The zero-order chi connectivity index (χ0) is 11.7. The van der Waals surface area contributed by atoms with Crippen molar-refractivity contribution in [1.29, 1.82) is 0 Å². The smallest absolute Gasteiger partial charge is 0.0329 e. The lowest BCUT2D eigenvalue weighted by atomic mass is 9.89. The molecule has 1 aliphatic rings. The standard InChI is InChI=1S/C16H19N/c17-16(13-7-1-2-8-13)15-11-5-9-12-6-3-4-10-14(12)15/h3-6,9-11,13,16H,1-2,7-8,17H2/t16-/m1/s1. The number of rotatable bonds is 2. The zero-order valence-electron chi connectivity index (χ0n) is 10.1. The molecule has 0 bridgehead atoms. The fraction of sp³-hybridized carbons (Fsp3) is 0.375. The summed E-state index contributed by atoms with van der Waals surface area (Å²) in [6, 6.07) is 15.3. The van der Waals surface area contributed by atoms with E-state index < -0.39 is 0 Å². The fourth-order valence-corrected chi connectivity index (χ4v) is 3.11. The molecule has 17 heavy (non-hydrogen) atoms. The molecule has 88 valence electrons. The maximum Gasteiger partial charge on any atom is 0.0329 e. The Morgan fingerprint density at radius 1 is 0.941 bits per heavy atom. The van der Waals surface area contributed by atoms with Gasteiger partial charge in [-0.1, -0.05) is 55.3 Å². The molecule has 0 aliphatic heterocycles.